The van der Waals surface area contributed by atoms with Crippen molar-refractivity contribution in [1.82, 2.24) is 20.9 Å². The van der Waals surface area contributed by atoms with Crippen LogP contribution in [-0.2, 0) is 21.7 Å². The lowest BCUT2D eigenvalue weighted by molar-refractivity contribution is -0.155. The van der Waals surface area contributed by atoms with Crippen molar-refractivity contribution < 1.29 is 39.5 Å². The van der Waals surface area contributed by atoms with E-state index in [2.05, 4.69) is 36.9 Å². The molecule has 1 aliphatic carbocycles. The van der Waals surface area contributed by atoms with E-state index in [-0.39, 0.29) is 70.8 Å². The number of carbonyl (C=O) groups excluding carboxylic acids is 2. The highest BCUT2D eigenvalue weighted by Crippen LogP contribution is 2.32. The fraction of sp³-hybridized carbons (Fsp3) is 0.231. The van der Waals surface area contributed by atoms with Crippen molar-refractivity contribution in [2.45, 2.75) is 43.2 Å². The number of aromatic amines is 1. The van der Waals surface area contributed by atoms with E-state index in [0.29, 0.717) is 40.4 Å². The lowest BCUT2D eigenvalue weighted by Crippen LogP contribution is -2.54. The highest BCUT2D eigenvalue weighted by Gasteiger charge is 2.40. The summed E-state index contributed by atoms with van der Waals surface area (Å²) in [5.74, 6) is -1.95. The Morgan fingerprint density at radius 1 is 0.906 bits per heavy atom. The van der Waals surface area contributed by atoms with Crippen LogP contribution in [0.3, 0.4) is 0 Å². The van der Waals surface area contributed by atoms with E-state index in [1.165, 1.54) is 36.4 Å². The average Bonchev–Trinajstić information content (AvgIpc) is 3.13. The number of benzene rings is 4. The number of pyridine rings is 1. The number of H-pyrrole nitrogens is 1. The van der Waals surface area contributed by atoms with Crippen LogP contribution in [0.2, 0.25) is 0 Å². The molecular weight excluding hydrogens is 748 g/mol. The van der Waals surface area contributed by atoms with Crippen LogP contribution in [0, 0.1) is 0 Å². The van der Waals surface area contributed by atoms with Gasteiger partial charge in [0.1, 0.15) is 11.5 Å². The number of nitrogens with one attached hydrogen (secondary N) is 4. The molecule has 2 amide bonds. The number of ether oxygens (including phenoxy) is 1. The van der Waals surface area contributed by atoms with E-state index in [4.69, 9.17) is 4.74 Å². The molecule has 8 N–H and O–H groups in total. The molecule has 0 spiro atoms. The third-order valence-corrected chi connectivity index (χ3v) is 9.83. The van der Waals surface area contributed by atoms with Crippen molar-refractivity contribution in [1.29, 1.82) is 0 Å². The topological polar surface area (TPSA) is 210 Å². The normalized spacial score (nSPS) is 16.9. The van der Waals surface area contributed by atoms with Gasteiger partial charge in [0.15, 0.2) is 6.61 Å². The molecule has 4 aromatic carbocycles. The SMILES string of the molecule is O=C(COc1cccc([C@](O)(C(=O)O)c2ccccc2)c1)N[C@H]1C[C@H](NC(=O)c2ccc(CNC[C@H](O)c3ccc(O)c4[nH]c(=O)ccc34)cc2Br)C1. The van der Waals surface area contributed by atoms with Gasteiger partial charge in [-0.25, -0.2) is 4.79 Å². The lowest BCUT2D eigenvalue weighted by Gasteiger charge is -2.36. The van der Waals surface area contributed by atoms with Crippen molar-refractivity contribution in [2.75, 3.05) is 13.2 Å². The second kappa shape index (κ2) is 16.0. The zero-order valence-electron chi connectivity index (χ0n) is 28.2. The largest absolute Gasteiger partial charge is 0.506 e. The maximum absolute atomic E-state index is 13.0. The highest BCUT2D eigenvalue weighted by molar-refractivity contribution is 9.10. The van der Waals surface area contributed by atoms with Gasteiger partial charge in [-0.05, 0) is 81.9 Å². The number of aromatic nitrogens is 1. The summed E-state index contributed by atoms with van der Waals surface area (Å²) < 4.78 is 6.21. The highest BCUT2D eigenvalue weighted by atomic mass is 79.9. The van der Waals surface area contributed by atoms with E-state index in [1.54, 1.807) is 48.5 Å². The summed E-state index contributed by atoms with van der Waals surface area (Å²) in [4.78, 5) is 52.0. The second-order valence-corrected chi connectivity index (χ2v) is 13.7. The minimum absolute atomic E-state index is 0.0816. The fourth-order valence-electron chi connectivity index (χ4n) is 6.30. The van der Waals surface area contributed by atoms with Gasteiger partial charge in [-0.3, -0.25) is 14.4 Å². The summed E-state index contributed by atoms with van der Waals surface area (Å²) in [5, 5.41) is 51.5. The van der Waals surface area contributed by atoms with E-state index in [9.17, 15) is 39.6 Å². The quantitative estimate of drug-likeness (QED) is 0.0821. The molecule has 1 saturated carbocycles. The molecule has 14 heteroatoms. The van der Waals surface area contributed by atoms with Gasteiger partial charge in [0.05, 0.1) is 17.2 Å². The molecule has 2 atom stereocenters. The summed E-state index contributed by atoms with van der Waals surface area (Å²) >= 11 is 3.49. The molecule has 1 heterocycles. The first-order valence-electron chi connectivity index (χ1n) is 16.8. The van der Waals surface area contributed by atoms with Crippen LogP contribution in [0.1, 0.15) is 51.6 Å². The number of hydrogen-bond acceptors (Lipinski definition) is 9. The number of phenolic OH excluding ortho intramolecular Hbond substituents is 1. The number of aliphatic hydroxyl groups is 2. The molecule has 0 unspecified atom stereocenters. The predicted octanol–water partition coefficient (Wildman–Crippen LogP) is 3.60. The van der Waals surface area contributed by atoms with Crippen molar-refractivity contribution >= 4 is 44.6 Å². The van der Waals surface area contributed by atoms with Gasteiger partial charge in [-0.2, -0.15) is 0 Å². The molecule has 53 heavy (non-hydrogen) atoms. The number of halogens is 1. The molecule has 0 radical (unpaired) electrons. The molecule has 0 bridgehead atoms. The standard InChI is InChI=1S/C39H37BrN4O9/c40-31-15-22(19-41-20-33(46)28-11-13-32(45)36-29(28)12-14-34(47)44-36)9-10-30(31)37(49)43-26-17-25(18-26)42-35(48)21-53-27-8-4-7-24(16-27)39(52,38(50)51)23-5-2-1-3-6-23/h1-16,25-26,33,41,45-46,52H,17-21H2,(H,42,48)(H,43,49)(H,44,47)(H,50,51)/t25-,26-,33-,39-/m0/s1. The lowest BCUT2D eigenvalue weighted by atomic mass is 9.86. The minimum atomic E-state index is -2.30. The Kier molecular flexibility index (Phi) is 11.2. The fourth-order valence-corrected chi connectivity index (χ4v) is 6.91. The number of fused-ring (bicyclic) bond motifs is 1. The third-order valence-electron chi connectivity index (χ3n) is 9.17. The smallest absolute Gasteiger partial charge is 0.345 e. The van der Waals surface area contributed by atoms with Crippen molar-refractivity contribution in [3.63, 3.8) is 0 Å². The van der Waals surface area contributed by atoms with Gasteiger partial charge in [0, 0.05) is 46.7 Å². The summed E-state index contributed by atoms with van der Waals surface area (Å²) in [7, 11) is 0. The zero-order valence-corrected chi connectivity index (χ0v) is 29.8. The molecular formula is C39H37BrN4O9. The predicted molar refractivity (Wildman–Crippen MR) is 198 cm³/mol. The number of carbonyl (C=O) groups is 3. The molecule has 274 valence electrons. The maximum atomic E-state index is 13.0. The van der Waals surface area contributed by atoms with Crippen LogP contribution in [0.15, 0.2) is 106 Å². The Morgan fingerprint density at radius 3 is 2.38 bits per heavy atom. The summed E-state index contributed by atoms with van der Waals surface area (Å²) in [6.45, 7) is 0.280. The number of aromatic hydroxyl groups is 1. The Hall–Kier alpha value is -5.54. The Morgan fingerprint density at radius 2 is 1.64 bits per heavy atom. The first-order valence-corrected chi connectivity index (χ1v) is 17.6. The summed E-state index contributed by atoms with van der Waals surface area (Å²) in [6.07, 6.45) is 0.153. The monoisotopic (exact) mass is 784 g/mol. The third kappa shape index (κ3) is 8.42. The average molecular weight is 786 g/mol. The number of amides is 2. The Labute approximate surface area is 311 Å². The number of aliphatic hydroxyl groups excluding tert-OH is 1. The van der Waals surface area contributed by atoms with Crippen LogP contribution in [0.5, 0.6) is 11.5 Å². The second-order valence-electron chi connectivity index (χ2n) is 12.9. The first kappa shape index (κ1) is 37.2. The summed E-state index contributed by atoms with van der Waals surface area (Å²) in [5.41, 5.74) is -0.252. The first-order chi connectivity index (χ1) is 25.4. The van der Waals surface area contributed by atoms with Gasteiger partial charge >= 0.3 is 5.97 Å². The van der Waals surface area contributed by atoms with Crippen LogP contribution >= 0.6 is 15.9 Å². The minimum Gasteiger partial charge on any atom is -0.506 e. The number of rotatable bonds is 14. The van der Waals surface area contributed by atoms with Gasteiger partial charge in [-0.15, -0.1) is 0 Å². The van der Waals surface area contributed by atoms with Gasteiger partial charge in [-0.1, -0.05) is 54.6 Å². The molecule has 1 fully saturated rings. The van der Waals surface area contributed by atoms with Crippen molar-refractivity contribution in [3.8, 4) is 11.5 Å². The van der Waals surface area contributed by atoms with Crippen molar-refractivity contribution in [2.24, 2.45) is 0 Å². The number of carboxylic acid groups (broad SMARTS) is 1. The van der Waals surface area contributed by atoms with Crippen LogP contribution in [0.4, 0.5) is 0 Å². The summed E-state index contributed by atoms with van der Waals surface area (Å²) in [6, 6.07) is 25.0. The van der Waals surface area contributed by atoms with Gasteiger partial charge in [0.25, 0.3) is 11.8 Å². The van der Waals surface area contributed by atoms with E-state index >= 15 is 0 Å². The Balaban J connectivity index is 0.938. The van der Waals surface area contributed by atoms with Crippen LogP contribution in [-0.4, -0.2) is 68.4 Å². The zero-order chi connectivity index (χ0) is 37.7. The molecule has 0 aliphatic heterocycles. The molecule has 1 aliphatic rings. The molecule has 0 saturated heterocycles. The van der Waals surface area contributed by atoms with Gasteiger partial charge < -0.3 is 46.1 Å². The van der Waals surface area contributed by atoms with Crippen LogP contribution in [0.25, 0.3) is 10.9 Å². The van der Waals surface area contributed by atoms with Crippen molar-refractivity contribution in [3.05, 3.63) is 140 Å². The van der Waals surface area contributed by atoms with Gasteiger partial charge in [0.2, 0.25) is 11.2 Å². The molecule has 1 aromatic heterocycles. The number of carboxylic acids is 1. The van der Waals surface area contributed by atoms with E-state index < -0.39 is 17.7 Å². The number of phenols is 1. The molecule has 13 nitrogen and oxygen atoms in total. The maximum Gasteiger partial charge on any atom is 0.345 e. The number of aliphatic carboxylic acids is 1. The molecule has 5 aromatic rings. The van der Waals surface area contributed by atoms with Crippen LogP contribution < -0.4 is 26.2 Å². The Bertz CT molecular complexity index is 2210. The molecule has 6 rings (SSSR count). The van der Waals surface area contributed by atoms with E-state index in [0.717, 1.165) is 5.56 Å². The number of hydrogen-bond donors (Lipinski definition) is 8. The van der Waals surface area contributed by atoms with E-state index in [1.807, 2.05) is 12.1 Å².